The predicted octanol–water partition coefficient (Wildman–Crippen LogP) is 0.762. The highest BCUT2D eigenvalue weighted by Gasteiger charge is 2.69. The van der Waals surface area contributed by atoms with Crippen molar-refractivity contribution in [3.8, 4) is 0 Å². The summed E-state index contributed by atoms with van der Waals surface area (Å²) in [6.07, 6.45) is 1.64. The zero-order valence-electron chi connectivity index (χ0n) is 16.2. The van der Waals surface area contributed by atoms with Crippen LogP contribution < -0.4 is 16.5 Å². The summed E-state index contributed by atoms with van der Waals surface area (Å²) in [6.45, 7) is 4.72. The third-order valence-electron chi connectivity index (χ3n) is 6.40. The van der Waals surface area contributed by atoms with E-state index in [4.69, 9.17) is 10.5 Å². The maximum Gasteiger partial charge on any atom is 0.268 e. The number of hydrogen-bond donors (Lipinski definition) is 3. The summed E-state index contributed by atoms with van der Waals surface area (Å²) in [5.74, 6) is -0.788. The Bertz CT molecular complexity index is 863. The molecule has 1 aromatic rings. The third kappa shape index (κ3) is 2.62. The second-order valence-electron chi connectivity index (χ2n) is 7.88. The van der Waals surface area contributed by atoms with Gasteiger partial charge in [-0.2, -0.15) is 5.01 Å². The minimum absolute atomic E-state index is 0.0499. The molecule has 150 valence electrons. The Hall–Kier alpha value is -2.45. The number of hydrogen-bond acceptors (Lipinski definition) is 5. The molecule has 0 bridgehead atoms. The van der Waals surface area contributed by atoms with Gasteiger partial charge in [0, 0.05) is 13.0 Å². The van der Waals surface area contributed by atoms with Crippen molar-refractivity contribution in [2.45, 2.75) is 25.4 Å². The van der Waals surface area contributed by atoms with Crippen molar-refractivity contribution >= 4 is 11.8 Å². The smallest absolute Gasteiger partial charge is 0.268 e. The van der Waals surface area contributed by atoms with E-state index in [0.29, 0.717) is 24.3 Å². The number of fused-ring (bicyclic) bond motifs is 1. The number of aryl methyl sites for hydroxylation is 1. The van der Waals surface area contributed by atoms with E-state index in [1.165, 1.54) is 13.1 Å². The minimum atomic E-state index is -1.18. The predicted molar refractivity (Wildman–Crippen MR) is 99.9 cm³/mol. The van der Waals surface area contributed by atoms with Crippen molar-refractivity contribution in [1.82, 2.24) is 15.8 Å². The summed E-state index contributed by atoms with van der Waals surface area (Å²) >= 11 is 0. The van der Waals surface area contributed by atoms with E-state index in [9.17, 15) is 14.0 Å². The Labute approximate surface area is 163 Å². The van der Waals surface area contributed by atoms with Crippen LogP contribution in [0.2, 0.25) is 0 Å². The molecule has 2 unspecified atom stereocenters. The van der Waals surface area contributed by atoms with Crippen LogP contribution in [0.3, 0.4) is 0 Å². The largest absolute Gasteiger partial charge is 0.381 e. The zero-order valence-corrected chi connectivity index (χ0v) is 16.2. The molecule has 0 radical (unpaired) electrons. The van der Waals surface area contributed by atoms with Crippen molar-refractivity contribution in [3.05, 3.63) is 46.9 Å². The zero-order chi connectivity index (χ0) is 20.2. The molecule has 1 aliphatic carbocycles. The van der Waals surface area contributed by atoms with E-state index in [1.54, 1.807) is 24.1 Å². The molecular formula is C20H25FN4O3. The van der Waals surface area contributed by atoms with Crippen LogP contribution in [0, 0.1) is 30.5 Å². The summed E-state index contributed by atoms with van der Waals surface area (Å²) in [6, 6.07) is 4.59. The fraction of sp³-hybridized carbons (Fsp3) is 0.500. The standard InChI is InChI=1S/C20H25FN4O3/c1-10-4-5-12(6-15(10)21)11(2)25-20(19(22)27,7-16(24-25)18(26)23-3)17-13-8-28-9-14(13)17/h4-7,11,13-14,17,24H,8-9H2,1-3H3,(H2,22,27)(H,23,26)/t11-,13-,14+,17?,20?/m0/s1. The van der Waals surface area contributed by atoms with Gasteiger partial charge in [-0.25, -0.2) is 4.39 Å². The number of benzene rings is 1. The maximum absolute atomic E-state index is 14.2. The van der Waals surface area contributed by atoms with Gasteiger partial charge in [-0.15, -0.1) is 0 Å². The number of rotatable bonds is 5. The number of carbonyl (C=O) groups excluding carboxylic acids is 2. The van der Waals surface area contributed by atoms with Gasteiger partial charge in [0.15, 0.2) is 0 Å². The van der Waals surface area contributed by atoms with E-state index in [1.807, 2.05) is 13.0 Å². The minimum Gasteiger partial charge on any atom is -0.381 e. The average Bonchev–Trinajstić information content (AvgIpc) is 3.03. The lowest BCUT2D eigenvalue weighted by atomic mass is 9.86. The Balaban J connectivity index is 1.76. The third-order valence-corrected chi connectivity index (χ3v) is 6.40. The summed E-state index contributed by atoms with van der Waals surface area (Å²) in [4.78, 5) is 25.1. The van der Waals surface area contributed by atoms with Crippen LogP contribution in [-0.2, 0) is 14.3 Å². The molecule has 2 aliphatic heterocycles. The highest BCUT2D eigenvalue weighted by molar-refractivity contribution is 5.97. The molecule has 1 saturated carbocycles. The van der Waals surface area contributed by atoms with Crippen LogP contribution in [0.5, 0.6) is 0 Å². The van der Waals surface area contributed by atoms with Crippen LogP contribution in [0.4, 0.5) is 4.39 Å². The fourth-order valence-electron chi connectivity index (χ4n) is 4.73. The SMILES string of the molecule is CNC(=O)C1=CC(C(N)=O)(C2[C@H]3COC[C@@H]23)N([C@@H](C)c2ccc(C)c(F)c2)N1. The van der Waals surface area contributed by atoms with Gasteiger partial charge in [0.2, 0.25) is 5.91 Å². The molecule has 1 aromatic carbocycles. The number of nitrogens with zero attached hydrogens (tertiary/aromatic N) is 1. The van der Waals surface area contributed by atoms with E-state index < -0.39 is 17.5 Å². The van der Waals surface area contributed by atoms with Gasteiger partial charge in [0.25, 0.3) is 5.91 Å². The van der Waals surface area contributed by atoms with E-state index in [2.05, 4.69) is 10.7 Å². The van der Waals surface area contributed by atoms with Crippen LogP contribution in [-0.4, -0.2) is 42.6 Å². The molecule has 2 amide bonds. The summed E-state index contributed by atoms with van der Waals surface area (Å²) in [7, 11) is 1.53. The first-order chi connectivity index (χ1) is 13.3. The van der Waals surface area contributed by atoms with Crippen LogP contribution in [0.25, 0.3) is 0 Å². The Kier molecular flexibility index (Phi) is 4.43. The molecule has 2 heterocycles. The molecule has 28 heavy (non-hydrogen) atoms. The lowest BCUT2D eigenvalue weighted by Gasteiger charge is -2.40. The second kappa shape index (κ2) is 6.56. The number of carbonyl (C=O) groups is 2. The van der Waals surface area contributed by atoms with E-state index in [-0.39, 0.29) is 35.2 Å². The normalized spacial score (nSPS) is 32.3. The highest BCUT2D eigenvalue weighted by atomic mass is 19.1. The molecule has 2 fully saturated rings. The summed E-state index contributed by atoms with van der Waals surface area (Å²) in [5, 5.41) is 4.29. The molecule has 7 nitrogen and oxygen atoms in total. The topological polar surface area (TPSA) is 96.7 Å². The first-order valence-corrected chi connectivity index (χ1v) is 9.46. The van der Waals surface area contributed by atoms with E-state index >= 15 is 0 Å². The molecule has 0 aromatic heterocycles. The van der Waals surface area contributed by atoms with Crippen molar-refractivity contribution in [2.75, 3.05) is 20.3 Å². The first kappa shape index (κ1) is 18.9. The molecule has 4 rings (SSSR count). The number of halogens is 1. The number of primary amides is 1. The quantitative estimate of drug-likeness (QED) is 0.692. The fourth-order valence-corrected chi connectivity index (χ4v) is 4.73. The van der Waals surface area contributed by atoms with Crippen molar-refractivity contribution in [1.29, 1.82) is 0 Å². The highest BCUT2D eigenvalue weighted by Crippen LogP contribution is 2.60. The molecular weight excluding hydrogens is 363 g/mol. The van der Waals surface area contributed by atoms with Crippen LogP contribution in [0.15, 0.2) is 30.0 Å². The van der Waals surface area contributed by atoms with Gasteiger partial charge in [0.1, 0.15) is 17.1 Å². The van der Waals surface area contributed by atoms with Crippen molar-refractivity contribution in [3.63, 3.8) is 0 Å². The number of nitrogens with one attached hydrogen (secondary N) is 2. The van der Waals surface area contributed by atoms with Crippen LogP contribution in [0.1, 0.15) is 24.1 Å². The van der Waals surface area contributed by atoms with Gasteiger partial charge in [-0.05, 0) is 49.0 Å². The number of hydrazine groups is 1. The molecule has 3 aliphatic rings. The van der Waals surface area contributed by atoms with Gasteiger partial charge in [-0.3, -0.25) is 9.59 Å². The molecule has 8 heteroatoms. The Morgan fingerprint density at radius 3 is 2.64 bits per heavy atom. The number of nitrogens with two attached hydrogens (primary N) is 1. The van der Waals surface area contributed by atoms with Crippen molar-refractivity contribution < 1.29 is 18.7 Å². The molecule has 0 spiro atoms. The number of likely N-dealkylation sites (N-methyl/N-ethyl adjacent to an activating group) is 1. The maximum atomic E-state index is 14.2. The van der Waals surface area contributed by atoms with Gasteiger partial charge in [-0.1, -0.05) is 12.1 Å². The van der Waals surface area contributed by atoms with E-state index in [0.717, 1.165) is 0 Å². The lowest BCUT2D eigenvalue weighted by Crippen LogP contribution is -2.60. The summed E-state index contributed by atoms with van der Waals surface area (Å²) in [5.41, 5.74) is 9.33. The monoisotopic (exact) mass is 388 g/mol. The molecule has 4 N–H and O–H groups in total. The van der Waals surface area contributed by atoms with Gasteiger partial charge >= 0.3 is 0 Å². The van der Waals surface area contributed by atoms with Crippen molar-refractivity contribution in [2.24, 2.45) is 23.5 Å². The lowest BCUT2D eigenvalue weighted by molar-refractivity contribution is -0.132. The van der Waals surface area contributed by atoms with Crippen LogP contribution >= 0.6 is 0 Å². The molecule has 1 saturated heterocycles. The van der Waals surface area contributed by atoms with Gasteiger partial charge < -0.3 is 21.2 Å². The Morgan fingerprint density at radius 1 is 1.39 bits per heavy atom. The van der Waals surface area contributed by atoms with Gasteiger partial charge in [0.05, 0.1) is 19.3 Å². The number of ether oxygens (including phenoxy) is 1. The second-order valence-corrected chi connectivity index (χ2v) is 7.88. The Morgan fingerprint density at radius 2 is 2.07 bits per heavy atom. The number of amides is 2. The average molecular weight is 388 g/mol. The molecule has 5 atom stereocenters. The summed E-state index contributed by atoms with van der Waals surface area (Å²) < 4.78 is 19.7. The first-order valence-electron chi connectivity index (χ1n) is 9.46.